The Morgan fingerprint density at radius 1 is 0.947 bits per heavy atom. The molecule has 0 aliphatic rings. The molecule has 0 aliphatic carbocycles. The zero-order valence-electron chi connectivity index (χ0n) is 10.1. The van der Waals surface area contributed by atoms with E-state index >= 15 is 0 Å². The summed E-state index contributed by atoms with van der Waals surface area (Å²) in [6.45, 7) is 0. The lowest BCUT2D eigenvalue weighted by molar-refractivity contribution is 0.773. The normalized spacial score (nSPS) is 11.2. The summed E-state index contributed by atoms with van der Waals surface area (Å²) in [6, 6.07) is 16.9. The smallest absolute Gasteiger partial charge is 0.267 e. The summed E-state index contributed by atoms with van der Waals surface area (Å²) < 4.78 is 1.25. The van der Waals surface area contributed by atoms with E-state index in [0.29, 0.717) is 10.9 Å². The van der Waals surface area contributed by atoms with Gasteiger partial charge in [-0.2, -0.15) is 4.68 Å². The number of aromatic nitrogens is 3. The average Bonchev–Trinajstić information content (AvgIpc) is 2.48. The van der Waals surface area contributed by atoms with E-state index in [0.717, 1.165) is 5.56 Å². The zero-order valence-corrected chi connectivity index (χ0v) is 10.1. The predicted octanol–water partition coefficient (Wildman–Crippen LogP) is 2.42. The summed E-state index contributed by atoms with van der Waals surface area (Å²) in [5.74, 6) is 0. The van der Waals surface area contributed by atoms with Crippen LogP contribution < -0.4 is 5.56 Å². The van der Waals surface area contributed by atoms with Crippen LogP contribution in [0.1, 0.15) is 5.56 Å². The summed E-state index contributed by atoms with van der Waals surface area (Å²) in [4.78, 5) is 12.2. The molecule has 0 saturated heterocycles. The number of nitrogens with zero attached hydrogens (tertiary/aromatic N) is 3. The predicted molar refractivity (Wildman–Crippen MR) is 75.5 cm³/mol. The largest absolute Gasteiger partial charge is 0.281 e. The Hall–Kier alpha value is -2.75. The van der Waals surface area contributed by atoms with E-state index in [1.807, 2.05) is 48.5 Å². The van der Waals surface area contributed by atoms with Crippen LogP contribution in [-0.2, 0) is 0 Å². The van der Waals surface area contributed by atoms with Crippen molar-refractivity contribution in [3.8, 4) is 0 Å². The third-order valence-electron chi connectivity index (χ3n) is 2.80. The Morgan fingerprint density at radius 3 is 2.53 bits per heavy atom. The van der Waals surface area contributed by atoms with Crippen LogP contribution in [-0.4, -0.2) is 15.0 Å². The first-order valence-corrected chi connectivity index (χ1v) is 5.92. The van der Waals surface area contributed by atoms with Gasteiger partial charge in [0, 0.05) is 6.20 Å². The summed E-state index contributed by atoms with van der Waals surface area (Å²) in [5, 5.41) is 8.47. The fourth-order valence-electron chi connectivity index (χ4n) is 1.82. The SMILES string of the molecule is O=c1c2ccccc2nnn1/C=C/c1ccccc1. The van der Waals surface area contributed by atoms with Crippen LogP contribution in [0.4, 0.5) is 0 Å². The van der Waals surface area contributed by atoms with Gasteiger partial charge >= 0.3 is 0 Å². The first-order chi connectivity index (χ1) is 9.34. The monoisotopic (exact) mass is 249 g/mol. The van der Waals surface area contributed by atoms with Crippen molar-refractivity contribution in [1.82, 2.24) is 15.0 Å². The minimum absolute atomic E-state index is 0.169. The van der Waals surface area contributed by atoms with Crippen molar-refractivity contribution in [3.05, 3.63) is 70.5 Å². The van der Waals surface area contributed by atoms with Crippen molar-refractivity contribution >= 4 is 23.2 Å². The van der Waals surface area contributed by atoms with Gasteiger partial charge in [-0.3, -0.25) is 4.79 Å². The molecular formula is C15H11N3O. The fourth-order valence-corrected chi connectivity index (χ4v) is 1.82. The van der Waals surface area contributed by atoms with Crippen LogP contribution in [0.2, 0.25) is 0 Å². The lowest BCUT2D eigenvalue weighted by Crippen LogP contribution is -2.19. The maximum absolute atomic E-state index is 12.2. The van der Waals surface area contributed by atoms with Gasteiger partial charge in [0.25, 0.3) is 5.56 Å². The Bertz CT molecular complexity index is 791. The minimum atomic E-state index is -0.169. The number of benzene rings is 2. The van der Waals surface area contributed by atoms with E-state index in [1.165, 1.54) is 4.68 Å². The Morgan fingerprint density at radius 2 is 1.68 bits per heavy atom. The Kier molecular flexibility index (Phi) is 2.90. The van der Waals surface area contributed by atoms with Crippen molar-refractivity contribution in [2.24, 2.45) is 0 Å². The van der Waals surface area contributed by atoms with Crippen molar-refractivity contribution in [1.29, 1.82) is 0 Å². The molecule has 19 heavy (non-hydrogen) atoms. The van der Waals surface area contributed by atoms with Crippen LogP contribution in [0.5, 0.6) is 0 Å². The van der Waals surface area contributed by atoms with Gasteiger partial charge in [0.15, 0.2) is 0 Å². The summed E-state index contributed by atoms with van der Waals surface area (Å²) in [7, 11) is 0. The maximum Gasteiger partial charge on any atom is 0.281 e. The van der Waals surface area contributed by atoms with E-state index in [2.05, 4.69) is 10.3 Å². The Balaban J connectivity index is 2.05. The molecule has 0 unspecified atom stereocenters. The fraction of sp³-hybridized carbons (Fsp3) is 0. The molecule has 4 heteroatoms. The summed E-state index contributed by atoms with van der Waals surface area (Å²) >= 11 is 0. The van der Waals surface area contributed by atoms with Gasteiger partial charge in [-0.25, -0.2) is 0 Å². The molecule has 0 bridgehead atoms. The minimum Gasteiger partial charge on any atom is -0.267 e. The molecule has 0 amide bonds. The van der Waals surface area contributed by atoms with Gasteiger partial charge in [0.1, 0.15) is 5.52 Å². The van der Waals surface area contributed by atoms with Gasteiger partial charge in [-0.15, -0.1) is 5.10 Å². The lowest BCUT2D eigenvalue weighted by atomic mass is 10.2. The van der Waals surface area contributed by atoms with E-state index in [1.54, 1.807) is 18.3 Å². The van der Waals surface area contributed by atoms with E-state index in [9.17, 15) is 4.79 Å². The number of hydrogen-bond acceptors (Lipinski definition) is 3. The third-order valence-corrected chi connectivity index (χ3v) is 2.80. The molecule has 0 fully saturated rings. The highest BCUT2D eigenvalue weighted by Gasteiger charge is 2.01. The second-order valence-corrected chi connectivity index (χ2v) is 4.08. The standard InChI is InChI=1S/C15H11N3O/c19-15-13-8-4-5-9-14(13)16-17-18(15)11-10-12-6-2-1-3-7-12/h1-11H/b11-10+. The quantitative estimate of drug-likeness (QED) is 0.700. The first kappa shape index (κ1) is 11.3. The second kappa shape index (κ2) is 4.86. The van der Waals surface area contributed by atoms with Crippen LogP contribution in [0, 0.1) is 0 Å². The van der Waals surface area contributed by atoms with Gasteiger partial charge < -0.3 is 0 Å². The highest BCUT2D eigenvalue weighted by atomic mass is 16.1. The molecule has 3 rings (SSSR count). The molecule has 0 N–H and O–H groups in total. The number of rotatable bonds is 2. The van der Waals surface area contributed by atoms with Gasteiger partial charge in [-0.1, -0.05) is 47.7 Å². The van der Waals surface area contributed by atoms with Crippen LogP contribution >= 0.6 is 0 Å². The molecule has 0 spiro atoms. The lowest BCUT2D eigenvalue weighted by Gasteiger charge is -1.99. The van der Waals surface area contributed by atoms with Crippen molar-refractivity contribution < 1.29 is 0 Å². The van der Waals surface area contributed by atoms with Gasteiger partial charge in [-0.05, 0) is 23.8 Å². The van der Waals surface area contributed by atoms with Gasteiger partial charge in [0.2, 0.25) is 0 Å². The molecule has 1 aromatic heterocycles. The van der Waals surface area contributed by atoms with Crippen LogP contribution in [0.15, 0.2) is 59.4 Å². The zero-order chi connectivity index (χ0) is 13.1. The molecule has 0 radical (unpaired) electrons. The molecule has 4 nitrogen and oxygen atoms in total. The summed E-state index contributed by atoms with van der Waals surface area (Å²) in [5.41, 5.74) is 1.44. The third kappa shape index (κ3) is 2.28. The molecular weight excluding hydrogens is 238 g/mol. The molecule has 2 aromatic carbocycles. The van der Waals surface area contributed by atoms with E-state index in [4.69, 9.17) is 0 Å². The molecule has 0 aliphatic heterocycles. The topological polar surface area (TPSA) is 47.8 Å². The van der Waals surface area contributed by atoms with E-state index in [-0.39, 0.29) is 5.56 Å². The molecule has 1 heterocycles. The van der Waals surface area contributed by atoms with Gasteiger partial charge in [0.05, 0.1) is 5.39 Å². The van der Waals surface area contributed by atoms with Crippen molar-refractivity contribution in [2.75, 3.05) is 0 Å². The van der Waals surface area contributed by atoms with Crippen molar-refractivity contribution in [3.63, 3.8) is 0 Å². The summed E-state index contributed by atoms with van der Waals surface area (Å²) in [6.07, 6.45) is 3.45. The Labute approximate surface area is 109 Å². The number of fused-ring (bicyclic) bond motifs is 1. The molecule has 0 atom stereocenters. The van der Waals surface area contributed by atoms with Crippen LogP contribution in [0.25, 0.3) is 23.2 Å². The highest BCUT2D eigenvalue weighted by Crippen LogP contribution is 2.04. The average molecular weight is 249 g/mol. The van der Waals surface area contributed by atoms with Crippen LogP contribution in [0.3, 0.4) is 0 Å². The molecule has 0 saturated carbocycles. The van der Waals surface area contributed by atoms with Crippen molar-refractivity contribution in [2.45, 2.75) is 0 Å². The highest BCUT2D eigenvalue weighted by molar-refractivity contribution is 5.77. The second-order valence-electron chi connectivity index (χ2n) is 4.08. The van der Waals surface area contributed by atoms with E-state index < -0.39 is 0 Å². The first-order valence-electron chi connectivity index (χ1n) is 5.92. The number of hydrogen-bond donors (Lipinski definition) is 0. The molecule has 92 valence electrons. The maximum atomic E-state index is 12.2. The molecule has 3 aromatic rings.